The van der Waals surface area contributed by atoms with Gasteiger partial charge >= 0.3 is 0 Å². The molecule has 0 bridgehead atoms. The maximum Gasteiger partial charge on any atom is 0.114 e. The van der Waals surface area contributed by atoms with Crippen molar-refractivity contribution in [3.05, 3.63) is 65.1 Å². The molecule has 0 amide bonds. The molecule has 0 spiro atoms. The molecule has 4 heterocycles. The van der Waals surface area contributed by atoms with Crippen molar-refractivity contribution in [1.29, 1.82) is 0 Å². The first-order valence-electron chi connectivity index (χ1n) is 9.64. The van der Waals surface area contributed by atoms with E-state index in [9.17, 15) is 5.11 Å². The Morgan fingerprint density at radius 3 is 3.04 bits per heavy atom. The van der Waals surface area contributed by atoms with Crippen LogP contribution in [-0.2, 0) is 19.5 Å². The van der Waals surface area contributed by atoms with Gasteiger partial charge in [0.2, 0.25) is 0 Å². The van der Waals surface area contributed by atoms with Crippen molar-refractivity contribution >= 4 is 10.9 Å². The number of aromatic nitrogens is 2. The molecular formula is C22H25N3O. The summed E-state index contributed by atoms with van der Waals surface area (Å²) in [6.45, 7) is 5.00. The van der Waals surface area contributed by atoms with E-state index in [-0.39, 0.29) is 0 Å². The predicted octanol–water partition coefficient (Wildman–Crippen LogP) is 3.60. The maximum atomic E-state index is 10.8. The fraction of sp³-hybridized carbons (Fsp3) is 0.409. The summed E-state index contributed by atoms with van der Waals surface area (Å²) in [6, 6.07) is 13.1. The second-order valence-corrected chi connectivity index (χ2v) is 7.80. The highest BCUT2D eigenvalue weighted by Gasteiger charge is 2.33. The predicted molar refractivity (Wildman–Crippen MR) is 103 cm³/mol. The van der Waals surface area contributed by atoms with Gasteiger partial charge in [0.15, 0.2) is 0 Å². The highest BCUT2D eigenvalue weighted by molar-refractivity contribution is 5.86. The summed E-state index contributed by atoms with van der Waals surface area (Å²) >= 11 is 0. The Bertz CT molecular complexity index is 947. The van der Waals surface area contributed by atoms with Crippen LogP contribution in [0, 0.1) is 6.92 Å². The van der Waals surface area contributed by atoms with Gasteiger partial charge in [-0.25, -0.2) is 0 Å². The van der Waals surface area contributed by atoms with E-state index in [2.05, 4.69) is 39.6 Å². The number of hydrogen-bond donors (Lipinski definition) is 1. The monoisotopic (exact) mass is 347 g/mol. The fourth-order valence-corrected chi connectivity index (χ4v) is 4.81. The van der Waals surface area contributed by atoms with Crippen LogP contribution in [0.25, 0.3) is 10.9 Å². The third-order valence-electron chi connectivity index (χ3n) is 6.12. The van der Waals surface area contributed by atoms with Crippen LogP contribution in [0.3, 0.4) is 0 Å². The van der Waals surface area contributed by atoms with E-state index >= 15 is 0 Å². The Hall–Kier alpha value is -2.17. The van der Waals surface area contributed by atoms with Crippen LogP contribution in [0.5, 0.6) is 0 Å². The number of hydrogen-bond acceptors (Lipinski definition) is 3. The van der Waals surface area contributed by atoms with Crippen molar-refractivity contribution in [2.45, 2.75) is 51.4 Å². The largest absolute Gasteiger partial charge is 0.385 e. The molecule has 2 aromatic heterocycles. The SMILES string of the molecule is Cc1ccc2c(c1)c1c(n2CC(O)c2ccccn2)CC2CCCN2C1. The number of aliphatic hydroxyl groups is 1. The molecule has 5 rings (SSSR count). The number of aliphatic hydroxyl groups excluding tert-OH is 1. The van der Waals surface area contributed by atoms with Crippen LogP contribution in [0.15, 0.2) is 42.6 Å². The molecule has 134 valence electrons. The van der Waals surface area contributed by atoms with Crippen LogP contribution in [-0.4, -0.2) is 32.1 Å². The fourth-order valence-electron chi connectivity index (χ4n) is 4.81. The standard InChI is InChI=1S/C22H25N3O/c1-15-7-8-20-17(11-15)18-13-24-10-4-5-16(24)12-21(18)25(20)14-22(26)19-6-2-3-9-23-19/h2-3,6-9,11,16,22,26H,4-5,10,12-14H2,1H3. The zero-order chi connectivity index (χ0) is 17.7. The van der Waals surface area contributed by atoms with Gasteiger partial charge in [0.25, 0.3) is 0 Å². The zero-order valence-electron chi connectivity index (χ0n) is 15.2. The molecular weight excluding hydrogens is 322 g/mol. The van der Waals surface area contributed by atoms with Gasteiger partial charge in [0, 0.05) is 41.8 Å². The minimum atomic E-state index is -0.584. The van der Waals surface area contributed by atoms with E-state index in [0.29, 0.717) is 12.6 Å². The maximum absolute atomic E-state index is 10.8. The number of aryl methyl sites for hydroxylation is 1. The molecule has 2 aliphatic rings. The molecule has 1 aromatic carbocycles. The van der Waals surface area contributed by atoms with Gasteiger partial charge in [-0.15, -0.1) is 0 Å². The van der Waals surface area contributed by atoms with Crippen molar-refractivity contribution in [2.24, 2.45) is 0 Å². The lowest BCUT2D eigenvalue weighted by molar-refractivity contribution is 0.150. The lowest BCUT2D eigenvalue weighted by atomic mass is 9.98. The molecule has 1 N–H and O–H groups in total. The molecule has 1 fully saturated rings. The summed E-state index contributed by atoms with van der Waals surface area (Å²) in [4.78, 5) is 6.99. The van der Waals surface area contributed by atoms with Crippen molar-refractivity contribution in [3.8, 4) is 0 Å². The van der Waals surface area contributed by atoms with E-state index in [4.69, 9.17) is 0 Å². The molecule has 0 saturated carbocycles. The summed E-state index contributed by atoms with van der Waals surface area (Å²) in [5.41, 5.74) is 6.18. The molecule has 0 aliphatic carbocycles. The van der Waals surface area contributed by atoms with E-state index in [1.807, 2.05) is 18.2 Å². The number of nitrogens with zero attached hydrogens (tertiary/aromatic N) is 3. The Labute approximate surface area is 154 Å². The molecule has 2 atom stereocenters. The van der Waals surface area contributed by atoms with Crippen LogP contribution >= 0.6 is 0 Å². The lowest BCUT2D eigenvalue weighted by Gasteiger charge is -2.31. The second-order valence-electron chi connectivity index (χ2n) is 7.80. The smallest absolute Gasteiger partial charge is 0.114 e. The van der Waals surface area contributed by atoms with Crippen LogP contribution in [0.1, 0.15) is 41.5 Å². The molecule has 2 unspecified atom stereocenters. The number of pyridine rings is 1. The van der Waals surface area contributed by atoms with Gasteiger partial charge < -0.3 is 9.67 Å². The number of fused-ring (bicyclic) bond motifs is 4. The van der Waals surface area contributed by atoms with Crippen molar-refractivity contribution in [2.75, 3.05) is 6.54 Å². The van der Waals surface area contributed by atoms with Crippen LogP contribution in [0.2, 0.25) is 0 Å². The molecule has 2 aliphatic heterocycles. The highest BCUT2D eigenvalue weighted by Crippen LogP contribution is 2.37. The first-order valence-corrected chi connectivity index (χ1v) is 9.64. The van der Waals surface area contributed by atoms with Gasteiger partial charge in [0.1, 0.15) is 6.10 Å². The summed E-state index contributed by atoms with van der Waals surface area (Å²) in [7, 11) is 0. The first-order chi connectivity index (χ1) is 12.7. The topological polar surface area (TPSA) is 41.3 Å². The Kier molecular flexibility index (Phi) is 3.84. The first kappa shape index (κ1) is 16.0. The quantitative estimate of drug-likeness (QED) is 0.787. The van der Waals surface area contributed by atoms with Gasteiger partial charge in [0.05, 0.1) is 12.2 Å². The number of benzene rings is 1. The van der Waals surface area contributed by atoms with Gasteiger partial charge in [-0.3, -0.25) is 9.88 Å². The van der Waals surface area contributed by atoms with Crippen molar-refractivity contribution in [3.63, 3.8) is 0 Å². The summed E-state index contributed by atoms with van der Waals surface area (Å²) < 4.78 is 2.36. The summed E-state index contributed by atoms with van der Waals surface area (Å²) in [5, 5.41) is 12.2. The van der Waals surface area contributed by atoms with Crippen molar-refractivity contribution in [1.82, 2.24) is 14.5 Å². The molecule has 4 nitrogen and oxygen atoms in total. The molecule has 3 aromatic rings. The average Bonchev–Trinajstić information content (AvgIpc) is 3.23. The minimum absolute atomic E-state index is 0.568. The minimum Gasteiger partial charge on any atom is -0.385 e. The van der Waals surface area contributed by atoms with E-state index in [0.717, 1.165) is 18.7 Å². The van der Waals surface area contributed by atoms with Gasteiger partial charge in [-0.05, 0) is 56.1 Å². The molecule has 4 heteroatoms. The lowest BCUT2D eigenvalue weighted by Crippen LogP contribution is -2.36. The summed E-state index contributed by atoms with van der Waals surface area (Å²) in [5.74, 6) is 0. The van der Waals surface area contributed by atoms with Crippen molar-refractivity contribution < 1.29 is 5.11 Å². The van der Waals surface area contributed by atoms with Gasteiger partial charge in [-0.1, -0.05) is 17.7 Å². The van der Waals surface area contributed by atoms with E-state index in [1.165, 1.54) is 47.1 Å². The Morgan fingerprint density at radius 1 is 1.27 bits per heavy atom. The van der Waals surface area contributed by atoms with Crippen LogP contribution < -0.4 is 0 Å². The molecule has 0 radical (unpaired) electrons. The number of rotatable bonds is 3. The molecule has 26 heavy (non-hydrogen) atoms. The molecule has 1 saturated heterocycles. The van der Waals surface area contributed by atoms with E-state index < -0.39 is 6.10 Å². The van der Waals surface area contributed by atoms with E-state index in [1.54, 1.807) is 6.20 Å². The average molecular weight is 347 g/mol. The third kappa shape index (κ3) is 2.56. The van der Waals surface area contributed by atoms with Gasteiger partial charge in [-0.2, -0.15) is 0 Å². The summed E-state index contributed by atoms with van der Waals surface area (Å²) in [6.07, 6.45) is 4.86. The Balaban J connectivity index is 1.60. The van der Waals surface area contributed by atoms with Crippen LogP contribution in [0.4, 0.5) is 0 Å². The Morgan fingerprint density at radius 2 is 2.19 bits per heavy atom. The highest BCUT2D eigenvalue weighted by atomic mass is 16.3. The second kappa shape index (κ2) is 6.22. The normalized spacial score (nSPS) is 20.9. The third-order valence-corrected chi connectivity index (χ3v) is 6.12. The zero-order valence-corrected chi connectivity index (χ0v) is 15.2.